The summed E-state index contributed by atoms with van der Waals surface area (Å²) in [6.45, 7) is 0. The summed E-state index contributed by atoms with van der Waals surface area (Å²) in [5.74, 6) is -49.4. The van der Waals surface area contributed by atoms with E-state index in [9.17, 15) is 70.2 Å². The minimum atomic E-state index is -8.59. The third kappa shape index (κ3) is 2.84. The standard InChI is InChI=1S/C8H2F16O2/c9-1(10,3(13,14)5(17,18)7(20,21)22)2(11,12)4(15,16)6(19,25)8(23,24)26/h25-26H. The van der Waals surface area contributed by atoms with Crippen LogP contribution in [0.25, 0.3) is 0 Å². The Morgan fingerprint density at radius 2 is 0.577 bits per heavy atom. The van der Waals surface area contributed by atoms with Gasteiger partial charge in [-0.1, -0.05) is 0 Å². The number of alkyl halides is 16. The van der Waals surface area contributed by atoms with Gasteiger partial charge in [0.25, 0.3) is 0 Å². The monoisotopic (exact) mass is 434 g/mol. The van der Waals surface area contributed by atoms with Crippen LogP contribution in [0.1, 0.15) is 0 Å². The van der Waals surface area contributed by atoms with Crippen molar-refractivity contribution in [2.75, 3.05) is 0 Å². The van der Waals surface area contributed by atoms with Crippen molar-refractivity contribution in [2.45, 2.75) is 47.8 Å². The van der Waals surface area contributed by atoms with E-state index in [0.29, 0.717) is 0 Å². The van der Waals surface area contributed by atoms with Gasteiger partial charge in [0, 0.05) is 0 Å². The molecule has 0 bridgehead atoms. The first kappa shape index (κ1) is 24.8. The molecule has 0 saturated carbocycles. The van der Waals surface area contributed by atoms with Gasteiger partial charge in [-0.3, -0.25) is 0 Å². The lowest BCUT2D eigenvalue weighted by Crippen LogP contribution is -2.75. The summed E-state index contributed by atoms with van der Waals surface area (Å²) in [5.41, 5.74) is 0. The molecule has 0 aliphatic carbocycles. The van der Waals surface area contributed by atoms with Gasteiger partial charge in [-0.25, -0.2) is 0 Å². The quantitative estimate of drug-likeness (QED) is 0.622. The maximum absolute atomic E-state index is 12.9. The van der Waals surface area contributed by atoms with Crippen LogP contribution in [0, 0.1) is 0 Å². The van der Waals surface area contributed by atoms with Crippen molar-refractivity contribution in [1.82, 2.24) is 0 Å². The van der Waals surface area contributed by atoms with Gasteiger partial charge in [-0.05, 0) is 0 Å². The van der Waals surface area contributed by atoms with Crippen LogP contribution in [0.5, 0.6) is 0 Å². The Kier molecular flexibility index (Phi) is 5.39. The van der Waals surface area contributed by atoms with Crippen molar-refractivity contribution in [2.24, 2.45) is 0 Å². The summed E-state index contributed by atoms with van der Waals surface area (Å²) in [6, 6.07) is 0. The maximum atomic E-state index is 12.9. The van der Waals surface area contributed by atoms with Crippen LogP contribution in [-0.4, -0.2) is 58.0 Å². The zero-order chi connectivity index (χ0) is 22.0. The van der Waals surface area contributed by atoms with E-state index in [1.165, 1.54) is 0 Å². The van der Waals surface area contributed by atoms with E-state index in [4.69, 9.17) is 10.2 Å². The second kappa shape index (κ2) is 5.65. The molecule has 2 N–H and O–H groups in total. The molecule has 0 fully saturated rings. The molecule has 0 aromatic heterocycles. The number of hydrogen-bond acceptors (Lipinski definition) is 2. The van der Waals surface area contributed by atoms with Crippen LogP contribution in [-0.2, 0) is 0 Å². The van der Waals surface area contributed by atoms with Gasteiger partial charge in [-0.2, -0.15) is 70.2 Å². The molecule has 1 unspecified atom stereocenters. The highest BCUT2D eigenvalue weighted by Gasteiger charge is 2.94. The largest absolute Gasteiger partial charge is 0.460 e. The summed E-state index contributed by atoms with van der Waals surface area (Å²) in [7, 11) is 0. The second-order valence-corrected chi connectivity index (χ2v) is 4.53. The van der Waals surface area contributed by atoms with Gasteiger partial charge in [0.2, 0.25) is 0 Å². The molecule has 0 spiro atoms. The Hall–Kier alpha value is -1.20. The van der Waals surface area contributed by atoms with Crippen LogP contribution in [0.15, 0.2) is 0 Å². The van der Waals surface area contributed by atoms with Crippen molar-refractivity contribution in [3.63, 3.8) is 0 Å². The maximum Gasteiger partial charge on any atom is 0.460 e. The molecule has 0 aromatic rings. The molecule has 0 radical (unpaired) electrons. The summed E-state index contributed by atoms with van der Waals surface area (Å²) in [4.78, 5) is 0. The van der Waals surface area contributed by atoms with Gasteiger partial charge >= 0.3 is 47.8 Å². The zero-order valence-electron chi connectivity index (χ0n) is 10.9. The predicted molar refractivity (Wildman–Crippen MR) is 44.0 cm³/mol. The first-order valence-corrected chi connectivity index (χ1v) is 5.22. The average Bonchev–Trinajstić information content (AvgIpc) is 2.34. The zero-order valence-corrected chi connectivity index (χ0v) is 10.9. The summed E-state index contributed by atoms with van der Waals surface area (Å²) < 4.78 is 199. The van der Waals surface area contributed by atoms with E-state index in [2.05, 4.69) is 0 Å². The first-order valence-electron chi connectivity index (χ1n) is 5.22. The molecule has 1 atom stereocenters. The van der Waals surface area contributed by atoms with Crippen molar-refractivity contribution >= 4 is 0 Å². The summed E-state index contributed by atoms with van der Waals surface area (Å²) in [6.07, 6.45) is -14.8. The van der Waals surface area contributed by atoms with Crippen LogP contribution < -0.4 is 0 Å². The lowest BCUT2D eigenvalue weighted by Gasteiger charge is -2.42. The van der Waals surface area contributed by atoms with Crippen molar-refractivity contribution in [1.29, 1.82) is 0 Å². The molecule has 0 aromatic carbocycles. The molecule has 0 heterocycles. The number of aliphatic hydroxyl groups is 2. The van der Waals surface area contributed by atoms with Crippen molar-refractivity contribution in [3.8, 4) is 0 Å². The van der Waals surface area contributed by atoms with Crippen LogP contribution >= 0.6 is 0 Å². The Bertz CT molecular complexity index is 477. The molecule has 0 amide bonds. The first-order chi connectivity index (χ1) is 10.8. The molecule has 0 aliphatic rings. The van der Waals surface area contributed by atoms with Crippen LogP contribution in [0.3, 0.4) is 0 Å². The highest BCUT2D eigenvalue weighted by atomic mass is 19.4. The lowest BCUT2D eigenvalue weighted by molar-refractivity contribution is -0.485. The van der Waals surface area contributed by atoms with E-state index < -0.39 is 47.8 Å². The van der Waals surface area contributed by atoms with Gasteiger partial charge in [0.05, 0.1) is 0 Å². The fraction of sp³-hybridized carbons (Fsp3) is 1.00. The highest BCUT2D eigenvalue weighted by molar-refractivity contribution is 5.13. The molecular formula is C8H2F16O2. The smallest absolute Gasteiger partial charge is 0.350 e. The van der Waals surface area contributed by atoms with E-state index in [-0.39, 0.29) is 0 Å². The minimum Gasteiger partial charge on any atom is -0.350 e. The van der Waals surface area contributed by atoms with Gasteiger partial charge in [0.1, 0.15) is 0 Å². The topological polar surface area (TPSA) is 40.5 Å². The molecule has 26 heavy (non-hydrogen) atoms. The molecule has 0 saturated heterocycles. The second-order valence-electron chi connectivity index (χ2n) is 4.53. The SMILES string of the molecule is OC(F)(F)C(O)(F)C(F)(F)C(F)(F)C(F)(F)C(F)(F)C(F)(F)C(F)(F)F. The molecule has 18 heteroatoms. The summed E-state index contributed by atoms with van der Waals surface area (Å²) in [5, 5.41) is 15.3. The summed E-state index contributed by atoms with van der Waals surface area (Å²) >= 11 is 0. The van der Waals surface area contributed by atoms with E-state index in [1.54, 1.807) is 0 Å². The Balaban J connectivity index is 6.61. The van der Waals surface area contributed by atoms with E-state index >= 15 is 0 Å². The Morgan fingerprint density at radius 1 is 0.346 bits per heavy atom. The third-order valence-corrected chi connectivity index (χ3v) is 2.75. The fourth-order valence-electron chi connectivity index (χ4n) is 1.17. The van der Waals surface area contributed by atoms with Crippen molar-refractivity contribution < 1.29 is 80.5 Å². The van der Waals surface area contributed by atoms with Crippen LogP contribution in [0.2, 0.25) is 0 Å². The Morgan fingerprint density at radius 3 is 0.808 bits per heavy atom. The molecule has 158 valence electrons. The minimum absolute atomic E-state index is 7.09. The highest BCUT2D eigenvalue weighted by Crippen LogP contribution is 2.62. The fourth-order valence-corrected chi connectivity index (χ4v) is 1.17. The number of rotatable bonds is 6. The van der Waals surface area contributed by atoms with E-state index in [1.807, 2.05) is 0 Å². The molecular weight excluding hydrogens is 432 g/mol. The number of halogens is 16. The van der Waals surface area contributed by atoms with Crippen LogP contribution in [0.4, 0.5) is 70.2 Å². The van der Waals surface area contributed by atoms with Gasteiger partial charge < -0.3 is 10.2 Å². The average molecular weight is 434 g/mol. The lowest BCUT2D eigenvalue weighted by atomic mass is 9.90. The Labute approximate surface area is 130 Å². The molecule has 0 rings (SSSR count). The van der Waals surface area contributed by atoms with Gasteiger partial charge in [-0.15, -0.1) is 0 Å². The van der Waals surface area contributed by atoms with Gasteiger partial charge in [0.15, 0.2) is 0 Å². The van der Waals surface area contributed by atoms with E-state index in [0.717, 1.165) is 0 Å². The predicted octanol–water partition coefficient (Wildman–Crippen LogP) is 3.97. The third-order valence-electron chi connectivity index (χ3n) is 2.75. The van der Waals surface area contributed by atoms with Crippen molar-refractivity contribution in [3.05, 3.63) is 0 Å². The number of hydrogen-bond donors (Lipinski definition) is 2. The molecule has 0 aliphatic heterocycles. The normalized spacial score (nSPS) is 18.7. The molecule has 2 nitrogen and oxygen atoms in total.